The summed E-state index contributed by atoms with van der Waals surface area (Å²) in [5.74, 6) is 0.867. The summed E-state index contributed by atoms with van der Waals surface area (Å²) in [5, 5.41) is 4.60. The number of imidazole rings is 1. The molecule has 7 nitrogen and oxygen atoms in total. The summed E-state index contributed by atoms with van der Waals surface area (Å²) >= 11 is 1.66. The molecule has 162 valence electrons. The first-order valence-corrected chi connectivity index (χ1v) is 11.6. The number of ether oxygens (including phenoxy) is 1. The molecule has 0 saturated heterocycles. The smallest absolute Gasteiger partial charge is 0.147 e. The van der Waals surface area contributed by atoms with Gasteiger partial charge in [-0.2, -0.15) is 0 Å². The summed E-state index contributed by atoms with van der Waals surface area (Å²) in [4.78, 5) is 19.6. The zero-order chi connectivity index (χ0) is 21.9. The van der Waals surface area contributed by atoms with Crippen molar-refractivity contribution >= 4 is 48.6 Å². The highest BCUT2D eigenvalue weighted by Crippen LogP contribution is 2.37. The molecule has 0 atom stereocenters. The number of rotatable bonds is 4. The third-order valence-electron chi connectivity index (χ3n) is 6.12. The molecule has 1 aliphatic rings. The van der Waals surface area contributed by atoms with Crippen LogP contribution in [0.5, 0.6) is 0 Å². The van der Waals surface area contributed by atoms with Crippen LogP contribution in [-0.2, 0) is 31.2 Å². The second kappa shape index (κ2) is 7.21. The van der Waals surface area contributed by atoms with Crippen molar-refractivity contribution in [1.29, 1.82) is 0 Å². The zero-order valence-electron chi connectivity index (χ0n) is 18.3. The fourth-order valence-electron chi connectivity index (χ4n) is 4.37. The van der Waals surface area contributed by atoms with Gasteiger partial charge in [0.1, 0.15) is 17.0 Å². The Bertz CT molecular complexity index is 1480. The first kappa shape index (κ1) is 19.6. The molecule has 5 heterocycles. The maximum atomic E-state index is 5.99. The number of nitrogens with one attached hydrogen (secondary N) is 1. The van der Waals surface area contributed by atoms with Gasteiger partial charge >= 0.3 is 0 Å². The molecule has 0 amide bonds. The van der Waals surface area contributed by atoms with E-state index < -0.39 is 0 Å². The van der Waals surface area contributed by atoms with Crippen LogP contribution in [-0.4, -0.2) is 36.6 Å². The average molecular weight is 445 g/mol. The normalized spacial score (nSPS) is 15.5. The van der Waals surface area contributed by atoms with Gasteiger partial charge in [0.25, 0.3) is 0 Å². The first-order valence-electron chi connectivity index (χ1n) is 10.8. The topological polar surface area (TPSA) is 77.8 Å². The van der Waals surface area contributed by atoms with E-state index in [-0.39, 0.29) is 5.60 Å². The van der Waals surface area contributed by atoms with E-state index in [0.29, 0.717) is 6.61 Å². The molecule has 1 aliphatic heterocycles. The van der Waals surface area contributed by atoms with E-state index in [2.05, 4.69) is 58.4 Å². The lowest BCUT2D eigenvalue weighted by Crippen LogP contribution is -2.32. The molecular weight excluding hydrogens is 420 g/mol. The maximum absolute atomic E-state index is 5.99. The molecule has 8 heteroatoms. The van der Waals surface area contributed by atoms with Crippen molar-refractivity contribution in [1.82, 2.24) is 24.5 Å². The summed E-state index contributed by atoms with van der Waals surface area (Å²) in [6, 6.07) is 8.65. The van der Waals surface area contributed by atoms with Crippen molar-refractivity contribution < 1.29 is 4.74 Å². The Hall–Kier alpha value is -3.10. The monoisotopic (exact) mass is 444 g/mol. The van der Waals surface area contributed by atoms with E-state index in [1.807, 2.05) is 17.9 Å². The largest absolute Gasteiger partial charge is 0.370 e. The average Bonchev–Trinajstić information content (AvgIpc) is 3.32. The molecule has 0 saturated carbocycles. The summed E-state index contributed by atoms with van der Waals surface area (Å²) in [6.07, 6.45) is 5.20. The van der Waals surface area contributed by atoms with Gasteiger partial charge < -0.3 is 14.6 Å². The number of benzene rings is 1. The highest BCUT2D eigenvalue weighted by molar-refractivity contribution is 7.25. The fraction of sp³-hybridized carbons (Fsp3) is 0.333. The molecule has 0 aliphatic carbocycles. The second-order valence-electron chi connectivity index (χ2n) is 9.03. The predicted molar refractivity (Wildman–Crippen MR) is 128 cm³/mol. The van der Waals surface area contributed by atoms with Gasteiger partial charge in [-0.05, 0) is 44.0 Å². The Morgan fingerprint density at radius 3 is 3.00 bits per heavy atom. The maximum Gasteiger partial charge on any atom is 0.147 e. The van der Waals surface area contributed by atoms with Gasteiger partial charge in [0.15, 0.2) is 0 Å². The van der Waals surface area contributed by atoms with E-state index in [1.165, 1.54) is 5.56 Å². The Morgan fingerprint density at radius 2 is 2.09 bits per heavy atom. The number of hydrogen-bond donors (Lipinski definition) is 1. The number of thiophene rings is 1. The van der Waals surface area contributed by atoms with E-state index in [9.17, 15) is 0 Å². The summed E-state index contributed by atoms with van der Waals surface area (Å²) in [7, 11) is 2.01. The lowest BCUT2D eigenvalue weighted by atomic mass is 9.95. The van der Waals surface area contributed by atoms with Gasteiger partial charge in [-0.1, -0.05) is 6.07 Å². The van der Waals surface area contributed by atoms with Crippen LogP contribution in [0.4, 0.5) is 5.82 Å². The van der Waals surface area contributed by atoms with Crippen molar-refractivity contribution in [3.8, 4) is 0 Å². The first-order chi connectivity index (χ1) is 15.5. The van der Waals surface area contributed by atoms with Crippen LogP contribution in [0.1, 0.15) is 30.7 Å². The van der Waals surface area contributed by atoms with Gasteiger partial charge in [-0.25, -0.2) is 19.9 Å². The van der Waals surface area contributed by atoms with Crippen LogP contribution in [0, 0.1) is 0 Å². The van der Waals surface area contributed by atoms with E-state index in [0.717, 1.165) is 67.9 Å². The number of anilines is 1. The highest BCUT2D eigenvalue weighted by atomic mass is 32.1. The number of aromatic nitrogens is 5. The van der Waals surface area contributed by atoms with Gasteiger partial charge in [0, 0.05) is 31.0 Å². The van der Waals surface area contributed by atoms with Crippen LogP contribution in [0.2, 0.25) is 0 Å². The van der Waals surface area contributed by atoms with Crippen LogP contribution < -0.4 is 5.32 Å². The molecule has 0 radical (unpaired) electrons. The Morgan fingerprint density at radius 1 is 1.19 bits per heavy atom. The standard InChI is InChI=1S/C24H24N6OS/c1-24(2)10-18-15(11-31-24)9-16-20-21(32-23(16)29-18)22(27-12-26-20)25-7-6-14-4-5-19-17(8-14)28-13-30(19)3/h4-5,8-9,12-13H,6-7,10-11H2,1-3H3,(H,25,26,27). The molecule has 0 bridgehead atoms. The second-order valence-corrected chi connectivity index (χ2v) is 10.0. The van der Waals surface area contributed by atoms with E-state index >= 15 is 0 Å². The highest BCUT2D eigenvalue weighted by Gasteiger charge is 2.28. The summed E-state index contributed by atoms with van der Waals surface area (Å²) < 4.78 is 9.08. The molecule has 6 rings (SSSR count). The molecule has 1 N–H and O–H groups in total. The Balaban J connectivity index is 1.28. The van der Waals surface area contributed by atoms with Crippen LogP contribution in [0.3, 0.4) is 0 Å². The minimum absolute atomic E-state index is 0.171. The van der Waals surface area contributed by atoms with Crippen molar-refractivity contribution in [2.45, 2.75) is 38.9 Å². The molecule has 1 aromatic carbocycles. The number of fused-ring (bicyclic) bond motifs is 5. The van der Waals surface area contributed by atoms with E-state index in [1.54, 1.807) is 17.7 Å². The van der Waals surface area contributed by atoms with Gasteiger partial charge in [0.2, 0.25) is 0 Å². The molecule has 32 heavy (non-hydrogen) atoms. The SMILES string of the molecule is Cn1cnc2cc(CCNc3ncnc4c3sc3nc5c(cc34)COC(C)(C)C5)ccc21. The van der Waals surface area contributed by atoms with Gasteiger partial charge in [-0.15, -0.1) is 11.3 Å². The third kappa shape index (κ3) is 3.30. The van der Waals surface area contributed by atoms with E-state index in [4.69, 9.17) is 9.72 Å². The molecule has 0 unspecified atom stereocenters. The fourth-order valence-corrected chi connectivity index (χ4v) is 5.47. The lowest BCUT2D eigenvalue weighted by Gasteiger charge is -2.30. The Labute approximate surface area is 189 Å². The quantitative estimate of drug-likeness (QED) is 0.435. The number of hydrogen-bond acceptors (Lipinski definition) is 7. The van der Waals surface area contributed by atoms with Crippen molar-refractivity contribution in [2.24, 2.45) is 7.05 Å². The van der Waals surface area contributed by atoms with Gasteiger partial charge in [-0.3, -0.25) is 0 Å². The van der Waals surface area contributed by atoms with Crippen molar-refractivity contribution in [3.63, 3.8) is 0 Å². The third-order valence-corrected chi connectivity index (χ3v) is 7.22. The predicted octanol–water partition coefficient (Wildman–Crippen LogP) is 4.63. The molecule has 0 spiro atoms. The summed E-state index contributed by atoms with van der Waals surface area (Å²) in [6.45, 7) is 5.61. The lowest BCUT2D eigenvalue weighted by molar-refractivity contribution is -0.0411. The van der Waals surface area contributed by atoms with Gasteiger partial charge in [0.05, 0.1) is 45.5 Å². The zero-order valence-corrected chi connectivity index (χ0v) is 19.2. The van der Waals surface area contributed by atoms with Crippen LogP contribution >= 0.6 is 11.3 Å². The van der Waals surface area contributed by atoms with Crippen molar-refractivity contribution in [2.75, 3.05) is 11.9 Å². The molecule has 0 fully saturated rings. The summed E-state index contributed by atoms with van der Waals surface area (Å²) in [5.41, 5.74) is 6.51. The van der Waals surface area contributed by atoms with Crippen LogP contribution in [0.15, 0.2) is 36.9 Å². The Kier molecular flexibility index (Phi) is 4.41. The number of aryl methyl sites for hydroxylation is 1. The minimum Gasteiger partial charge on any atom is -0.370 e. The van der Waals surface area contributed by atoms with Crippen molar-refractivity contribution in [3.05, 3.63) is 53.7 Å². The minimum atomic E-state index is -0.171. The van der Waals surface area contributed by atoms with Crippen LogP contribution in [0.25, 0.3) is 31.5 Å². The molecule has 5 aromatic rings. The molecular formula is C24H24N6OS. The number of pyridine rings is 1. The number of nitrogens with zero attached hydrogens (tertiary/aromatic N) is 5. The molecule has 4 aromatic heterocycles.